The van der Waals surface area contributed by atoms with Crippen molar-refractivity contribution >= 4 is 29.2 Å². The van der Waals surface area contributed by atoms with Crippen LogP contribution >= 0.6 is 0 Å². The average Bonchev–Trinajstić information content (AvgIpc) is 2.61. The maximum atomic E-state index is 11.9. The smallest absolute Gasteiger partial charge is 0.299 e. The van der Waals surface area contributed by atoms with Gasteiger partial charge in [-0.15, -0.1) is 0 Å². The molecule has 0 fully saturated rings. The van der Waals surface area contributed by atoms with E-state index in [1.807, 2.05) is 35.6 Å². The highest BCUT2D eigenvalue weighted by atomic mass is 16.5. The van der Waals surface area contributed by atoms with Crippen molar-refractivity contribution in [2.24, 2.45) is 0 Å². The summed E-state index contributed by atoms with van der Waals surface area (Å²) in [7, 11) is 0. The Morgan fingerprint density at radius 1 is 0.960 bits per heavy atom. The molecule has 2 aromatic rings. The first kappa shape index (κ1) is 16.5. The van der Waals surface area contributed by atoms with Crippen LogP contribution in [-0.2, 0) is 20.9 Å². The van der Waals surface area contributed by atoms with Gasteiger partial charge in [0.15, 0.2) is 0 Å². The molecule has 0 radical (unpaired) electrons. The lowest BCUT2D eigenvalue weighted by Crippen LogP contribution is -2.42. The minimum atomic E-state index is -0.955. The lowest BCUT2D eigenvalue weighted by atomic mass is 9.98. The standard InChI is InChI=1S/C18H14N2O5/c21-15(10-25-9-11-4-2-1-3-5-11)19-12-6-7-13-14(8-12)17(23)20-18(24)16(13)22/h1-8H,9-10H2,(H,19,21)(H,20,23,24). The molecule has 1 aliphatic rings. The van der Waals surface area contributed by atoms with Gasteiger partial charge >= 0.3 is 0 Å². The van der Waals surface area contributed by atoms with Gasteiger partial charge in [0.05, 0.1) is 12.2 Å². The van der Waals surface area contributed by atoms with Crippen LogP contribution in [0.1, 0.15) is 26.3 Å². The lowest BCUT2D eigenvalue weighted by Gasteiger charge is -2.15. The number of hydrogen-bond acceptors (Lipinski definition) is 5. The summed E-state index contributed by atoms with van der Waals surface area (Å²) in [4.78, 5) is 46.7. The summed E-state index contributed by atoms with van der Waals surface area (Å²) in [5, 5.41) is 4.54. The number of rotatable bonds is 5. The van der Waals surface area contributed by atoms with Crippen molar-refractivity contribution < 1.29 is 23.9 Å². The van der Waals surface area contributed by atoms with Crippen molar-refractivity contribution in [2.45, 2.75) is 6.61 Å². The Morgan fingerprint density at radius 2 is 1.72 bits per heavy atom. The Kier molecular flexibility index (Phi) is 4.67. The zero-order chi connectivity index (χ0) is 17.8. The largest absolute Gasteiger partial charge is 0.367 e. The van der Waals surface area contributed by atoms with E-state index >= 15 is 0 Å². The summed E-state index contributed by atoms with van der Waals surface area (Å²) >= 11 is 0. The van der Waals surface area contributed by atoms with Crippen LogP contribution in [0, 0.1) is 0 Å². The van der Waals surface area contributed by atoms with E-state index in [0.717, 1.165) is 5.56 Å². The van der Waals surface area contributed by atoms with Gasteiger partial charge in [-0.3, -0.25) is 24.5 Å². The molecule has 0 aliphatic carbocycles. The van der Waals surface area contributed by atoms with Crippen LogP contribution in [0.3, 0.4) is 0 Å². The van der Waals surface area contributed by atoms with Crippen LogP contribution in [-0.4, -0.2) is 30.1 Å². The Labute approximate surface area is 143 Å². The Bertz CT molecular complexity index is 861. The molecule has 2 N–H and O–H groups in total. The minimum Gasteiger partial charge on any atom is -0.367 e. The summed E-state index contributed by atoms with van der Waals surface area (Å²) in [5.41, 5.74) is 1.35. The van der Waals surface area contributed by atoms with Gasteiger partial charge in [-0.25, -0.2) is 0 Å². The van der Waals surface area contributed by atoms with E-state index in [1.165, 1.54) is 18.2 Å². The first-order chi connectivity index (χ1) is 12.0. The predicted molar refractivity (Wildman–Crippen MR) is 88.0 cm³/mol. The molecule has 25 heavy (non-hydrogen) atoms. The predicted octanol–water partition coefficient (Wildman–Crippen LogP) is 1.29. The molecule has 3 rings (SSSR count). The van der Waals surface area contributed by atoms with Gasteiger partial charge in [0.1, 0.15) is 6.61 Å². The Hall–Kier alpha value is -3.32. The van der Waals surface area contributed by atoms with Gasteiger partial charge in [-0.1, -0.05) is 30.3 Å². The van der Waals surface area contributed by atoms with Gasteiger partial charge < -0.3 is 10.1 Å². The van der Waals surface area contributed by atoms with Crippen molar-refractivity contribution in [3.63, 3.8) is 0 Å². The highest BCUT2D eigenvalue weighted by molar-refractivity contribution is 6.49. The summed E-state index contributed by atoms with van der Waals surface area (Å²) in [6, 6.07) is 13.6. The van der Waals surface area contributed by atoms with Crippen molar-refractivity contribution in [3.8, 4) is 0 Å². The highest BCUT2D eigenvalue weighted by Crippen LogP contribution is 2.19. The molecule has 7 heteroatoms. The van der Waals surface area contributed by atoms with E-state index in [1.54, 1.807) is 0 Å². The number of anilines is 1. The average molecular weight is 338 g/mol. The zero-order valence-corrected chi connectivity index (χ0v) is 13.1. The van der Waals surface area contributed by atoms with Crippen molar-refractivity contribution in [1.82, 2.24) is 5.32 Å². The fourth-order valence-corrected chi connectivity index (χ4v) is 2.39. The molecule has 1 aliphatic heterocycles. The quantitative estimate of drug-likeness (QED) is 0.632. The number of ether oxygens (including phenoxy) is 1. The number of hydrogen-bond donors (Lipinski definition) is 2. The molecule has 0 aromatic heterocycles. The maximum absolute atomic E-state index is 11.9. The number of amides is 3. The van der Waals surface area contributed by atoms with Crippen LogP contribution in [0.25, 0.3) is 0 Å². The van der Waals surface area contributed by atoms with E-state index < -0.39 is 23.5 Å². The summed E-state index contributed by atoms with van der Waals surface area (Å²) in [6.45, 7) is 0.146. The SMILES string of the molecule is O=C(COCc1ccccc1)Nc1ccc2c(c1)C(=O)NC(=O)C2=O. The van der Waals surface area contributed by atoms with Crippen LogP contribution < -0.4 is 10.6 Å². The van der Waals surface area contributed by atoms with Crippen LogP contribution in [0.4, 0.5) is 5.69 Å². The normalized spacial score (nSPS) is 13.2. The van der Waals surface area contributed by atoms with Gasteiger partial charge in [-0.2, -0.15) is 0 Å². The summed E-state index contributed by atoms with van der Waals surface area (Å²) in [5.74, 6) is -2.80. The van der Waals surface area contributed by atoms with E-state index in [0.29, 0.717) is 12.3 Å². The molecular weight excluding hydrogens is 324 g/mol. The first-order valence-corrected chi connectivity index (χ1v) is 7.50. The maximum Gasteiger partial charge on any atom is 0.299 e. The number of carbonyl (C=O) groups excluding carboxylic acids is 4. The van der Waals surface area contributed by atoms with Crippen LogP contribution in [0.15, 0.2) is 48.5 Å². The molecule has 0 saturated heterocycles. The number of benzene rings is 2. The topological polar surface area (TPSA) is 102 Å². The molecule has 7 nitrogen and oxygen atoms in total. The highest BCUT2D eigenvalue weighted by Gasteiger charge is 2.30. The number of nitrogens with one attached hydrogen (secondary N) is 2. The third-order valence-corrected chi connectivity index (χ3v) is 3.57. The second-order valence-corrected chi connectivity index (χ2v) is 5.40. The second-order valence-electron chi connectivity index (χ2n) is 5.40. The third kappa shape index (κ3) is 3.78. The second kappa shape index (κ2) is 7.06. The lowest BCUT2D eigenvalue weighted by molar-refractivity contribution is -0.121. The van der Waals surface area contributed by atoms with Gasteiger partial charge in [0.25, 0.3) is 17.6 Å². The molecule has 126 valence electrons. The van der Waals surface area contributed by atoms with Crippen LogP contribution in [0.5, 0.6) is 0 Å². The Balaban J connectivity index is 1.60. The number of carbonyl (C=O) groups is 4. The van der Waals surface area contributed by atoms with Crippen molar-refractivity contribution in [3.05, 3.63) is 65.2 Å². The van der Waals surface area contributed by atoms with E-state index in [9.17, 15) is 19.2 Å². The minimum absolute atomic E-state index is 0.0204. The molecule has 0 spiro atoms. The van der Waals surface area contributed by atoms with Crippen molar-refractivity contribution in [2.75, 3.05) is 11.9 Å². The van der Waals surface area contributed by atoms with Gasteiger partial charge in [0, 0.05) is 11.3 Å². The molecule has 2 aromatic carbocycles. The van der Waals surface area contributed by atoms with Gasteiger partial charge in [-0.05, 0) is 23.8 Å². The molecule has 1 heterocycles. The van der Waals surface area contributed by atoms with Crippen LogP contribution in [0.2, 0.25) is 0 Å². The fourth-order valence-electron chi connectivity index (χ4n) is 2.39. The first-order valence-electron chi connectivity index (χ1n) is 7.50. The molecule has 0 bridgehead atoms. The number of fused-ring (bicyclic) bond motifs is 1. The van der Waals surface area contributed by atoms with E-state index in [2.05, 4.69) is 5.32 Å². The molecule has 3 amide bonds. The van der Waals surface area contributed by atoms with Crippen molar-refractivity contribution in [1.29, 1.82) is 0 Å². The molecule has 0 atom stereocenters. The monoisotopic (exact) mass is 338 g/mol. The molecular formula is C18H14N2O5. The summed E-state index contributed by atoms with van der Waals surface area (Å²) < 4.78 is 5.33. The number of imide groups is 1. The summed E-state index contributed by atoms with van der Waals surface area (Å²) in [6.07, 6.45) is 0. The van der Waals surface area contributed by atoms with E-state index in [-0.39, 0.29) is 17.7 Å². The van der Waals surface area contributed by atoms with Gasteiger partial charge in [0.2, 0.25) is 5.91 Å². The van der Waals surface area contributed by atoms with E-state index in [4.69, 9.17) is 4.74 Å². The number of Topliss-reactive ketones (excluding diaryl/α,β-unsaturated/α-hetero) is 1. The zero-order valence-electron chi connectivity index (χ0n) is 13.1. The fraction of sp³-hybridized carbons (Fsp3) is 0.111. The molecule has 0 saturated carbocycles. The number of ketones is 1. The molecule has 0 unspecified atom stereocenters. The Morgan fingerprint density at radius 3 is 2.48 bits per heavy atom. The third-order valence-electron chi connectivity index (χ3n) is 3.57.